The Bertz CT molecular complexity index is 310. The Balaban J connectivity index is 2.66. The van der Waals surface area contributed by atoms with E-state index in [4.69, 9.17) is 4.74 Å². The molecule has 0 saturated heterocycles. The van der Waals surface area contributed by atoms with Crippen LogP contribution in [0.2, 0.25) is 0 Å². The van der Waals surface area contributed by atoms with E-state index in [0.717, 1.165) is 28.6 Å². The second-order valence-corrected chi connectivity index (χ2v) is 5.31. The Morgan fingerprint density at radius 2 is 2.07 bits per heavy atom. The van der Waals surface area contributed by atoms with Crippen LogP contribution in [0.15, 0.2) is 22.7 Å². The fraction of sp³-hybridized carbons (Fsp3) is 0.500. The molecule has 3 heteroatoms. The van der Waals surface area contributed by atoms with Crippen molar-refractivity contribution in [1.29, 1.82) is 0 Å². The molecule has 1 nitrogen and oxygen atoms in total. The maximum absolute atomic E-state index is 5.79. The first-order valence-electron chi connectivity index (χ1n) is 5.11. The van der Waals surface area contributed by atoms with Crippen molar-refractivity contribution in [2.75, 3.05) is 6.61 Å². The van der Waals surface area contributed by atoms with Gasteiger partial charge in [0, 0.05) is 10.9 Å². The molecule has 1 aromatic carbocycles. The van der Waals surface area contributed by atoms with E-state index in [1.165, 1.54) is 5.56 Å². The highest BCUT2D eigenvalue weighted by atomic mass is 79.9. The summed E-state index contributed by atoms with van der Waals surface area (Å²) < 4.78 is 6.82. The van der Waals surface area contributed by atoms with Gasteiger partial charge in [0.15, 0.2) is 0 Å². The number of hydrogen-bond acceptors (Lipinski definition) is 1. The average Bonchev–Trinajstić information content (AvgIpc) is 2.20. The molecule has 0 bridgehead atoms. The van der Waals surface area contributed by atoms with Gasteiger partial charge in [0.25, 0.3) is 0 Å². The maximum atomic E-state index is 5.79. The molecular formula is C12H16Br2O. The molecule has 0 fully saturated rings. The third kappa shape index (κ3) is 4.15. The molecule has 0 heterocycles. The van der Waals surface area contributed by atoms with Crippen molar-refractivity contribution < 1.29 is 4.74 Å². The number of halogens is 2. The second-order valence-electron chi connectivity index (χ2n) is 3.89. The number of hydrogen-bond donors (Lipinski definition) is 0. The molecule has 1 rings (SSSR count). The third-order valence-electron chi connectivity index (χ3n) is 2.13. The SMILES string of the molecule is CC(C)CCOc1c(Br)cccc1CBr. The molecule has 0 aliphatic rings. The Morgan fingerprint density at radius 3 is 2.67 bits per heavy atom. The zero-order valence-corrected chi connectivity index (χ0v) is 12.3. The van der Waals surface area contributed by atoms with Gasteiger partial charge in [-0.05, 0) is 34.3 Å². The summed E-state index contributed by atoms with van der Waals surface area (Å²) in [6.07, 6.45) is 1.09. The Hall–Kier alpha value is -0.0200. The first-order chi connectivity index (χ1) is 7.15. The maximum Gasteiger partial charge on any atom is 0.137 e. The minimum atomic E-state index is 0.680. The van der Waals surface area contributed by atoms with Crippen molar-refractivity contribution in [1.82, 2.24) is 0 Å². The smallest absolute Gasteiger partial charge is 0.137 e. The number of benzene rings is 1. The average molecular weight is 336 g/mol. The van der Waals surface area contributed by atoms with E-state index < -0.39 is 0 Å². The molecule has 0 N–H and O–H groups in total. The van der Waals surface area contributed by atoms with Crippen LogP contribution in [0.1, 0.15) is 25.8 Å². The summed E-state index contributed by atoms with van der Waals surface area (Å²) in [5.41, 5.74) is 1.19. The first-order valence-corrected chi connectivity index (χ1v) is 7.02. The summed E-state index contributed by atoms with van der Waals surface area (Å²) in [7, 11) is 0. The molecule has 0 atom stereocenters. The number of ether oxygens (including phenoxy) is 1. The first kappa shape index (κ1) is 13.0. The normalized spacial score (nSPS) is 10.7. The van der Waals surface area contributed by atoms with Crippen LogP contribution in [-0.2, 0) is 5.33 Å². The van der Waals surface area contributed by atoms with E-state index in [1.54, 1.807) is 0 Å². The van der Waals surface area contributed by atoms with Gasteiger partial charge in [0.05, 0.1) is 11.1 Å². The number of para-hydroxylation sites is 1. The van der Waals surface area contributed by atoms with Crippen LogP contribution in [0.4, 0.5) is 0 Å². The Kier molecular flexibility index (Phi) is 5.69. The monoisotopic (exact) mass is 334 g/mol. The zero-order valence-electron chi connectivity index (χ0n) is 9.09. The van der Waals surface area contributed by atoms with Crippen molar-refractivity contribution in [3.63, 3.8) is 0 Å². The summed E-state index contributed by atoms with van der Waals surface area (Å²) in [6, 6.07) is 6.11. The minimum absolute atomic E-state index is 0.680. The predicted molar refractivity (Wildman–Crippen MR) is 71.7 cm³/mol. The Labute approximate surface area is 108 Å². The molecule has 0 unspecified atom stereocenters. The summed E-state index contributed by atoms with van der Waals surface area (Å²) in [5, 5.41) is 0.823. The fourth-order valence-corrected chi connectivity index (χ4v) is 2.18. The predicted octanol–water partition coefficient (Wildman–Crippen LogP) is 4.77. The molecule has 0 aromatic heterocycles. The van der Waals surface area contributed by atoms with Crippen LogP contribution >= 0.6 is 31.9 Å². The lowest BCUT2D eigenvalue weighted by atomic mass is 10.1. The van der Waals surface area contributed by atoms with Gasteiger partial charge in [-0.15, -0.1) is 0 Å². The van der Waals surface area contributed by atoms with Crippen molar-refractivity contribution >= 4 is 31.9 Å². The standard InChI is InChI=1S/C12H16Br2O/c1-9(2)6-7-15-12-10(8-13)4-3-5-11(12)14/h3-5,9H,6-8H2,1-2H3. The summed E-state index contributed by atoms with van der Waals surface area (Å²) >= 11 is 6.97. The van der Waals surface area contributed by atoms with E-state index in [0.29, 0.717) is 5.92 Å². The van der Waals surface area contributed by atoms with Crippen molar-refractivity contribution in [2.45, 2.75) is 25.6 Å². The van der Waals surface area contributed by atoms with Gasteiger partial charge in [-0.3, -0.25) is 0 Å². The van der Waals surface area contributed by atoms with E-state index in [-0.39, 0.29) is 0 Å². The number of rotatable bonds is 5. The molecule has 0 amide bonds. The largest absolute Gasteiger partial charge is 0.492 e. The van der Waals surface area contributed by atoms with Crippen LogP contribution < -0.4 is 4.74 Å². The van der Waals surface area contributed by atoms with Crippen LogP contribution in [-0.4, -0.2) is 6.61 Å². The van der Waals surface area contributed by atoms with Gasteiger partial charge < -0.3 is 4.74 Å². The molecule has 0 saturated carbocycles. The van der Waals surface area contributed by atoms with Gasteiger partial charge in [-0.25, -0.2) is 0 Å². The van der Waals surface area contributed by atoms with Crippen LogP contribution in [0.5, 0.6) is 5.75 Å². The summed E-state index contributed by atoms with van der Waals surface area (Å²) in [4.78, 5) is 0. The molecule has 0 radical (unpaired) electrons. The van der Waals surface area contributed by atoms with Crippen LogP contribution in [0.3, 0.4) is 0 Å². The third-order valence-corrected chi connectivity index (χ3v) is 3.36. The van der Waals surface area contributed by atoms with Gasteiger partial charge in [0.1, 0.15) is 5.75 Å². The van der Waals surface area contributed by atoms with Crippen molar-refractivity contribution in [2.24, 2.45) is 5.92 Å². The van der Waals surface area contributed by atoms with E-state index in [2.05, 4.69) is 51.8 Å². The zero-order chi connectivity index (χ0) is 11.3. The minimum Gasteiger partial charge on any atom is -0.492 e. The molecule has 84 valence electrons. The van der Waals surface area contributed by atoms with Crippen LogP contribution in [0.25, 0.3) is 0 Å². The molecular weight excluding hydrogens is 320 g/mol. The molecule has 15 heavy (non-hydrogen) atoms. The Morgan fingerprint density at radius 1 is 1.33 bits per heavy atom. The lowest BCUT2D eigenvalue weighted by Crippen LogP contribution is -2.03. The highest BCUT2D eigenvalue weighted by Crippen LogP contribution is 2.30. The van der Waals surface area contributed by atoms with E-state index in [1.807, 2.05) is 12.1 Å². The lowest BCUT2D eigenvalue weighted by Gasteiger charge is -2.12. The highest BCUT2D eigenvalue weighted by Gasteiger charge is 2.07. The second kappa shape index (κ2) is 6.54. The van der Waals surface area contributed by atoms with Crippen molar-refractivity contribution in [3.05, 3.63) is 28.2 Å². The van der Waals surface area contributed by atoms with Gasteiger partial charge in [0.2, 0.25) is 0 Å². The molecule has 0 aliphatic carbocycles. The quantitative estimate of drug-likeness (QED) is 0.704. The summed E-state index contributed by atoms with van der Waals surface area (Å²) in [5.74, 6) is 1.65. The van der Waals surface area contributed by atoms with E-state index >= 15 is 0 Å². The molecule has 0 spiro atoms. The summed E-state index contributed by atoms with van der Waals surface area (Å²) in [6.45, 7) is 5.18. The topological polar surface area (TPSA) is 9.23 Å². The molecule has 1 aromatic rings. The van der Waals surface area contributed by atoms with Gasteiger partial charge in [-0.1, -0.05) is 41.9 Å². The van der Waals surface area contributed by atoms with E-state index in [9.17, 15) is 0 Å². The molecule has 0 aliphatic heterocycles. The highest BCUT2D eigenvalue weighted by molar-refractivity contribution is 9.10. The fourth-order valence-electron chi connectivity index (χ4n) is 1.22. The van der Waals surface area contributed by atoms with Crippen molar-refractivity contribution in [3.8, 4) is 5.75 Å². The van der Waals surface area contributed by atoms with Gasteiger partial charge in [-0.2, -0.15) is 0 Å². The van der Waals surface area contributed by atoms with Crippen LogP contribution in [0, 0.1) is 5.92 Å². The number of alkyl halides is 1. The van der Waals surface area contributed by atoms with Gasteiger partial charge >= 0.3 is 0 Å². The lowest BCUT2D eigenvalue weighted by molar-refractivity contribution is 0.286.